The second-order valence-corrected chi connectivity index (χ2v) is 4.74. The summed E-state index contributed by atoms with van der Waals surface area (Å²) < 4.78 is 38.0. The predicted molar refractivity (Wildman–Crippen MR) is 74.2 cm³/mol. The highest BCUT2D eigenvalue weighted by Crippen LogP contribution is 2.28. The van der Waals surface area contributed by atoms with Crippen LogP contribution in [0.4, 0.5) is 24.5 Å². The standard InChI is InChI=1S/C13H18F3N3O2/c1-18(2)12(21)10-4-3-9(17)7-11(10)19(5-6-20)8-13(14,15)16/h3-4,7,20H,5-6,8,17H2,1-2H3. The van der Waals surface area contributed by atoms with E-state index < -0.39 is 25.2 Å². The molecule has 1 aromatic rings. The van der Waals surface area contributed by atoms with Crippen molar-refractivity contribution in [3.8, 4) is 0 Å². The molecular weight excluding hydrogens is 287 g/mol. The molecule has 8 heteroatoms. The van der Waals surface area contributed by atoms with Gasteiger partial charge in [0, 0.05) is 26.3 Å². The van der Waals surface area contributed by atoms with E-state index in [1.165, 1.54) is 37.2 Å². The summed E-state index contributed by atoms with van der Waals surface area (Å²) in [5.74, 6) is -0.435. The normalized spacial score (nSPS) is 11.3. The maximum Gasteiger partial charge on any atom is 0.405 e. The van der Waals surface area contributed by atoms with Crippen LogP contribution < -0.4 is 10.6 Å². The molecule has 0 unspecified atom stereocenters. The van der Waals surface area contributed by atoms with Gasteiger partial charge in [0.05, 0.1) is 17.9 Å². The van der Waals surface area contributed by atoms with Crippen molar-refractivity contribution in [3.05, 3.63) is 23.8 Å². The molecule has 0 aliphatic carbocycles. The Bertz CT molecular complexity index is 504. The summed E-state index contributed by atoms with van der Waals surface area (Å²) in [4.78, 5) is 14.2. The molecule has 0 aliphatic heterocycles. The van der Waals surface area contributed by atoms with Gasteiger partial charge in [-0.3, -0.25) is 4.79 Å². The number of carbonyl (C=O) groups excluding carboxylic acids is 1. The molecule has 0 atom stereocenters. The van der Waals surface area contributed by atoms with Crippen LogP contribution in [0.3, 0.4) is 0 Å². The van der Waals surface area contributed by atoms with E-state index in [2.05, 4.69) is 0 Å². The molecular formula is C13H18F3N3O2. The van der Waals surface area contributed by atoms with Crippen molar-refractivity contribution in [2.75, 3.05) is 44.4 Å². The molecule has 0 aliphatic rings. The third kappa shape index (κ3) is 4.82. The molecule has 118 valence electrons. The number of amides is 1. The number of nitrogens with zero attached hydrogens (tertiary/aromatic N) is 2. The zero-order chi connectivity index (χ0) is 16.2. The van der Waals surface area contributed by atoms with Crippen LogP contribution >= 0.6 is 0 Å². The Morgan fingerprint density at radius 1 is 1.33 bits per heavy atom. The Balaban J connectivity index is 3.28. The third-order valence-corrected chi connectivity index (χ3v) is 2.74. The lowest BCUT2D eigenvalue weighted by atomic mass is 10.1. The van der Waals surface area contributed by atoms with Crippen molar-refractivity contribution in [1.82, 2.24) is 4.90 Å². The van der Waals surface area contributed by atoms with Gasteiger partial charge in [-0.1, -0.05) is 0 Å². The minimum absolute atomic E-state index is 0.0556. The summed E-state index contributed by atoms with van der Waals surface area (Å²) >= 11 is 0. The number of aliphatic hydroxyl groups is 1. The molecule has 5 nitrogen and oxygen atoms in total. The number of rotatable bonds is 5. The number of carbonyl (C=O) groups is 1. The largest absolute Gasteiger partial charge is 0.405 e. The number of nitrogen functional groups attached to an aromatic ring is 1. The Morgan fingerprint density at radius 2 is 1.95 bits per heavy atom. The van der Waals surface area contributed by atoms with Crippen molar-refractivity contribution in [2.24, 2.45) is 0 Å². The lowest BCUT2D eigenvalue weighted by molar-refractivity contribution is -0.119. The number of benzene rings is 1. The topological polar surface area (TPSA) is 69.8 Å². The number of hydrogen-bond donors (Lipinski definition) is 2. The van der Waals surface area contributed by atoms with Crippen molar-refractivity contribution >= 4 is 17.3 Å². The smallest absolute Gasteiger partial charge is 0.399 e. The van der Waals surface area contributed by atoms with Crippen LogP contribution in [0, 0.1) is 0 Å². The van der Waals surface area contributed by atoms with Gasteiger partial charge < -0.3 is 20.6 Å². The molecule has 0 saturated heterocycles. The van der Waals surface area contributed by atoms with Gasteiger partial charge in [-0.25, -0.2) is 0 Å². The van der Waals surface area contributed by atoms with Crippen LogP contribution in [0.1, 0.15) is 10.4 Å². The molecule has 0 aromatic heterocycles. The van der Waals surface area contributed by atoms with Crippen LogP contribution in [0.15, 0.2) is 18.2 Å². The van der Waals surface area contributed by atoms with Gasteiger partial charge in [0.1, 0.15) is 6.54 Å². The van der Waals surface area contributed by atoms with Gasteiger partial charge >= 0.3 is 6.18 Å². The van der Waals surface area contributed by atoms with E-state index in [4.69, 9.17) is 10.8 Å². The lowest BCUT2D eigenvalue weighted by Crippen LogP contribution is -2.38. The lowest BCUT2D eigenvalue weighted by Gasteiger charge is -2.28. The summed E-state index contributed by atoms with van der Waals surface area (Å²) in [6, 6.07) is 4.14. The average molecular weight is 305 g/mol. The first-order valence-electron chi connectivity index (χ1n) is 6.19. The molecule has 1 aromatic carbocycles. The minimum Gasteiger partial charge on any atom is -0.399 e. The summed E-state index contributed by atoms with van der Waals surface area (Å²) in [6.45, 7) is -2.00. The molecule has 0 fully saturated rings. The molecule has 1 rings (SSSR count). The van der Waals surface area contributed by atoms with Crippen molar-refractivity contribution < 1.29 is 23.1 Å². The van der Waals surface area contributed by atoms with Crippen LogP contribution in [-0.2, 0) is 0 Å². The highest BCUT2D eigenvalue weighted by molar-refractivity contribution is 6.00. The first kappa shape index (κ1) is 17.1. The van der Waals surface area contributed by atoms with Gasteiger partial charge in [-0.05, 0) is 18.2 Å². The fraction of sp³-hybridized carbons (Fsp3) is 0.462. The number of halogens is 3. The highest BCUT2D eigenvalue weighted by atomic mass is 19.4. The van der Waals surface area contributed by atoms with E-state index in [0.717, 1.165) is 4.90 Å². The van der Waals surface area contributed by atoms with Crippen molar-refractivity contribution in [1.29, 1.82) is 0 Å². The van der Waals surface area contributed by atoms with Crippen LogP contribution in [0.25, 0.3) is 0 Å². The molecule has 0 spiro atoms. The fourth-order valence-electron chi connectivity index (χ4n) is 1.85. The third-order valence-electron chi connectivity index (χ3n) is 2.74. The van der Waals surface area contributed by atoms with Crippen molar-refractivity contribution in [3.63, 3.8) is 0 Å². The summed E-state index contributed by atoms with van der Waals surface area (Å²) in [7, 11) is 3.01. The minimum atomic E-state index is -4.46. The first-order chi connectivity index (χ1) is 9.65. The van der Waals surface area contributed by atoms with E-state index in [9.17, 15) is 18.0 Å². The van der Waals surface area contributed by atoms with Gasteiger partial charge in [0.15, 0.2) is 0 Å². The molecule has 1 amide bonds. The summed E-state index contributed by atoms with van der Waals surface area (Å²) in [5.41, 5.74) is 6.01. The van der Waals surface area contributed by atoms with E-state index in [1.54, 1.807) is 0 Å². The molecule has 0 heterocycles. The summed E-state index contributed by atoms with van der Waals surface area (Å²) in [5, 5.41) is 8.97. The number of anilines is 2. The van der Waals surface area contributed by atoms with Crippen LogP contribution in [0.5, 0.6) is 0 Å². The zero-order valence-electron chi connectivity index (χ0n) is 11.8. The van der Waals surface area contributed by atoms with E-state index >= 15 is 0 Å². The predicted octanol–water partition coefficient (Wildman–Crippen LogP) is 1.33. The molecule has 3 N–H and O–H groups in total. The van der Waals surface area contributed by atoms with Gasteiger partial charge in [0.2, 0.25) is 0 Å². The van der Waals surface area contributed by atoms with Gasteiger partial charge in [-0.15, -0.1) is 0 Å². The first-order valence-corrected chi connectivity index (χ1v) is 6.19. The monoisotopic (exact) mass is 305 g/mol. The maximum absolute atomic E-state index is 12.7. The van der Waals surface area contributed by atoms with Gasteiger partial charge in [-0.2, -0.15) is 13.2 Å². The Hall–Kier alpha value is -1.96. The molecule has 0 radical (unpaired) electrons. The maximum atomic E-state index is 12.7. The zero-order valence-corrected chi connectivity index (χ0v) is 11.8. The Labute approximate surface area is 120 Å². The number of aliphatic hydroxyl groups excluding tert-OH is 1. The fourth-order valence-corrected chi connectivity index (χ4v) is 1.85. The average Bonchev–Trinajstić information content (AvgIpc) is 2.35. The quantitative estimate of drug-likeness (QED) is 0.805. The van der Waals surface area contributed by atoms with E-state index in [0.29, 0.717) is 0 Å². The van der Waals surface area contributed by atoms with E-state index in [-0.39, 0.29) is 23.5 Å². The SMILES string of the molecule is CN(C)C(=O)c1ccc(N)cc1N(CCO)CC(F)(F)F. The van der Waals surface area contributed by atoms with E-state index in [1.807, 2.05) is 0 Å². The van der Waals surface area contributed by atoms with Crippen LogP contribution in [-0.4, -0.2) is 55.9 Å². The molecule has 21 heavy (non-hydrogen) atoms. The van der Waals surface area contributed by atoms with Crippen LogP contribution in [0.2, 0.25) is 0 Å². The highest BCUT2D eigenvalue weighted by Gasteiger charge is 2.32. The molecule has 0 bridgehead atoms. The Kier molecular flexibility index (Phi) is 5.42. The summed E-state index contributed by atoms with van der Waals surface area (Å²) in [6.07, 6.45) is -4.46. The molecule has 0 saturated carbocycles. The number of alkyl halides is 3. The van der Waals surface area contributed by atoms with Gasteiger partial charge in [0.25, 0.3) is 5.91 Å². The second kappa shape index (κ2) is 6.66. The number of nitrogens with two attached hydrogens (primary N) is 1. The Morgan fingerprint density at radius 3 is 2.43 bits per heavy atom. The van der Waals surface area contributed by atoms with Crippen molar-refractivity contribution in [2.45, 2.75) is 6.18 Å². The number of hydrogen-bond acceptors (Lipinski definition) is 4. The second-order valence-electron chi connectivity index (χ2n) is 4.74.